The third-order valence-corrected chi connectivity index (χ3v) is 3.98. The van der Waals surface area contributed by atoms with Gasteiger partial charge in [0.25, 0.3) is 0 Å². The quantitative estimate of drug-likeness (QED) is 0.918. The highest BCUT2D eigenvalue weighted by Gasteiger charge is 2.19. The van der Waals surface area contributed by atoms with Gasteiger partial charge in [0.2, 0.25) is 0 Å². The van der Waals surface area contributed by atoms with Crippen molar-refractivity contribution in [2.24, 2.45) is 0 Å². The molecule has 1 saturated carbocycles. The van der Waals surface area contributed by atoms with Crippen LogP contribution >= 0.6 is 15.9 Å². The van der Waals surface area contributed by atoms with Crippen molar-refractivity contribution >= 4 is 15.9 Å². The molecule has 0 atom stereocenters. The summed E-state index contributed by atoms with van der Waals surface area (Å²) in [5, 5.41) is 3.63. The second-order valence-electron chi connectivity index (χ2n) is 4.72. The summed E-state index contributed by atoms with van der Waals surface area (Å²) in [5.74, 6) is 0. The first-order valence-corrected chi connectivity index (χ1v) is 7.08. The lowest BCUT2D eigenvalue weighted by molar-refractivity contribution is 0.0624. The number of benzene rings is 1. The van der Waals surface area contributed by atoms with E-state index in [1.165, 1.54) is 31.2 Å². The summed E-state index contributed by atoms with van der Waals surface area (Å²) in [6.07, 6.45) is 5.32. The molecule has 0 unspecified atom stereocenters. The van der Waals surface area contributed by atoms with Gasteiger partial charge in [-0.2, -0.15) is 0 Å². The van der Waals surface area contributed by atoms with Gasteiger partial charge in [-0.25, -0.2) is 0 Å². The maximum Gasteiger partial charge on any atom is 0.0572 e. The predicted molar refractivity (Wildman–Crippen MR) is 74.0 cm³/mol. The molecule has 0 bridgehead atoms. The van der Waals surface area contributed by atoms with Gasteiger partial charge >= 0.3 is 0 Å². The van der Waals surface area contributed by atoms with E-state index < -0.39 is 0 Å². The van der Waals surface area contributed by atoms with Crippen molar-refractivity contribution in [3.63, 3.8) is 0 Å². The molecule has 1 aromatic carbocycles. The zero-order valence-electron chi connectivity index (χ0n) is 10.3. The van der Waals surface area contributed by atoms with Crippen LogP contribution in [0.25, 0.3) is 0 Å². The van der Waals surface area contributed by atoms with E-state index in [1.54, 1.807) is 0 Å². The summed E-state index contributed by atoms with van der Waals surface area (Å²) < 4.78 is 6.54. The van der Waals surface area contributed by atoms with E-state index in [4.69, 9.17) is 4.74 Å². The monoisotopic (exact) mass is 297 g/mol. The maximum atomic E-state index is 5.38. The van der Waals surface area contributed by atoms with E-state index >= 15 is 0 Å². The Hall–Kier alpha value is -0.380. The molecule has 0 radical (unpaired) electrons. The molecule has 1 fully saturated rings. The number of nitrogens with one attached hydrogen (secondary N) is 1. The van der Waals surface area contributed by atoms with Crippen LogP contribution in [0.5, 0.6) is 0 Å². The molecular formula is C14H20BrNO. The van der Waals surface area contributed by atoms with Crippen molar-refractivity contribution in [3.8, 4) is 0 Å². The topological polar surface area (TPSA) is 21.3 Å². The highest BCUT2D eigenvalue weighted by Crippen LogP contribution is 2.21. The molecule has 0 saturated heterocycles. The van der Waals surface area contributed by atoms with Gasteiger partial charge in [-0.3, -0.25) is 0 Å². The molecular weight excluding hydrogens is 278 g/mol. The fraction of sp³-hybridized carbons (Fsp3) is 0.571. The Kier molecular flexibility index (Phi) is 5.01. The van der Waals surface area contributed by atoms with E-state index in [9.17, 15) is 0 Å². The second-order valence-corrected chi connectivity index (χ2v) is 5.64. The van der Waals surface area contributed by atoms with Crippen LogP contribution in [0.1, 0.15) is 31.2 Å². The van der Waals surface area contributed by atoms with Crippen molar-refractivity contribution < 1.29 is 4.74 Å². The fourth-order valence-corrected chi connectivity index (χ4v) is 2.86. The normalized spacial score (nSPS) is 24.8. The average molecular weight is 298 g/mol. The number of ether oxygens (including phenoxy) is 1. The Bertz CT molecular complexity index is 348. The van der Waals surface area contributed by atoms with E-state index in [2.05, 4.69) is 45.5 Å². The van der Waals surface area contributed by atoms with Gasteiger partial charge in [0.05, 0.1) is 6.10 Å². The lowest BCUT2D eigenvalue weighted by atomic mass is 9.93. The van der Waals surface area contributed by atoms with Gasteiger partial charge in [-0.1, -0.05) is 28.1 Å². The molecule has 17 heavy (non-hydrogen) atoms. The van der Waals surface area contributed by atoms with E-state index in [0.29, 0.717) is 12.1 Å². The summed E-state index contributed by atoms with van der Waals surface area (Å²) in [5.41, 5.74) is 1.34. The van der Waals surface area contributed by atoms with Crippen LogP contribution in [0.3, 0.4) is 0 Å². The Morgan fingerprint density at radius 3 is 2.71 bits per heavy atom. The van der Waals surface area contributed by atoms with Crippen LogP contribution < -0.4 is 5.32 Å². The minimum atomic E-state index is 0.485. The summed E-state index contributed by atoms with van der Waals surface area (Å²) in [4.78, 5) is 0. The number of hydrogen-bond acceptors (Lipinski definition) is 2. The van der Waals surface area contributed by atoms with Crippen molar-refractivity contribution in [2.75, 3.05) is 7.11 Å². The highest BCUT2D eigenvalue weighted by atomic mass is 79.9. The SMILES string of the molecule is COC1CCC(NCc2cccc(Br)c2)CC1. The van der Waals surface area contributed by atoms with Crippen LogP contribution in [-0.2, 0) is 11.3 Å². The lowest BCUT2D eigenvalue weighted by Gasteiger charge is -2.28. The van der Waals surface area contributed by atoms with Crippen molar-refractivity contribution in [2.45, 2.75) is 44.4 Å². The molecule has 1 aromatic rings. The Morgan fingerprint density at radius 2 is 2.06 bits per heavy atom. The van der Waals surface area contributed by atoms with Crippen molar-refractivity contribution in [1.82, 2.24) is 5.32 Å². The van der Waals surface area contributed by atoms with Crippen LogP contribution in [0.2, 0.25) is 0 Å². The van der Waals surface area contributed by atoms with E-state index in [1.807, 2.05) is 7.11 Å². The van der Waals surface area contributed by atoms with Crippen LogP contribution in [0, 0.1) is 0 Å². The first kappa shape index (κ1) is 13.1. The highest BCUT2D eigenvalue weighted by molar-refractivity contribution is 9.10. The summed E-state index contributed by atoms with van der Waals surface area (Å²) >= 11 is 3.50. The lowest BCUT2D eigenvalue weighted by Crippen LogP contribution is -2.34. The number of hydrogen-bond donors (Lipinski definition) is 1. The zero-order valence-corrected chi connectivity index (χ0v) is 11.9. The molecule has 0 amide bonds. The van der Waals surface area contributed by atoms with Gasteiger partial charge < -0.3 is 10.1 Å². The molecule has 94 valence electrons. The minimum absolute atomic E-state index is 0.485. The fourth-order valence-electron chi connectivity index (χ4n) is 2.41. The Balaban J connectivity index is 1.76. The van der Waals surface area contributed by atoms with Gasteiger partial charge in [0.1, 0.15) is 0 Å². The number of rotatable bonds is 4. The molecule has 2 nitrogen and oxygen atoms in total. The van der Waals surface area contributed by atoms with Gasteiger partial charge in [0, 0.05) is 24.2 Å². The van der Waals surface area contributed by atoms with E-state index in [-0.39, 0.29) is 0 Å². The third-order valence-electron chi connectivity index (χ3n) is 3.49. The van der Waals surface area contributed by atoms with Crippen LogP contribution in [0.4, 0.5) is 0 Å². The minimum Gasteiger partial charge on any atom is -0.381 e. The Labute approximate surface area is 112 Å². The maximum absolute atomic E-state index is 5.38. The average Bonchev–Trinajstić information content (AvgIpc) is 2.37. The standard InChI is InChI=1S/C14H20BrNO/c1-17-14-7-5-13(6-8-14)16-10-11-3-2-4-12(15)9-11/h2-4,9,13-14,16H,5-8,10H2,1H3. The van der Waals surface area contributed by atoms with Crippen molar-refractivity contribution in [3.05, 3.63) is 34.3 Å². The largest absolute Gasteiger partial charge is 0.381 e. The first-order valence-electron chi connectivity index (χ1n) is 6.28. The van der Waals surface area contributed by atoms with E-state index in [0.717, 1.165) is 11.0 Å². The molecule has 0 aromatic heterocycles. The third kappa shape index (κ3) is 4.09. The number of methoxy groups -OCH3 is 1. The van der Waals surface area contributed by atoms with Gasteiger partial charge in [-0.15, -0.1) is 0 Å². The molecule has 1 aliphatic carbocycles. The predicted octanol–water partition coefficient (Wildman–Crippen LogP) is 3.50. The summed E-state index contributed by atoms with van der Waals surface area (Å²) in [6, 6.07) is 9.14. The van der Waals surface area contributed by atoms with Crippen LogP contribution in [-0.4, -0.2) is 19.3 Å². The first-order chi connectivity index (χ1) is 8.28. The molecule has 0 aliphatic heterocycles. The smallest absolute Gasteiger partial charge is 0.0572 e. The second kappa shape index (κ2) is 6.53. The molecule has 0 spiro atoms. The summed E-state index contributed by atoms with van der Waals surface area (Å²) in [7, 11) is 1.82. The molecule has 3 heteroatoms. The van der Waals surface area contributed by atoms with Gasteiger partial charge in [-0.05, 0) is 43.4 Å². The molecule has 1 N–H and O–H groups in total. The van der Waals surface area contributed by atoms with Crippen LogP contribution in [0.15, 0.2) is 28.7 Å². The summed E-state index contributed by atoms with van der Waals surface area (Å²) in [6.45, 7) is 0.960. The molecule has 0 heterocycles. The van der Waals surface area contributed by atoms with Gasteiger partial charge in [0.15, 0.2) is 0 Å². The Morgan fingerprint density at radius 1 is 1.29 bits per heavy atom. The van der Waals surface area contributed by atoms with Crippen molar-refractivity contribution in [1.29, 1.82) is 0 Å². The molecule has 2 rings (SSSR count). The zero-order chi connectivity index (χ0) is 12.1. The molecule has 1 aliphatic rings. The number of halogens is 1.